The number of carbonyl (C=O) groups is 1. The fraction of sp³-hybridized carbons (Fsp3) is 0.364. The standard InChI is InChI=1S/C11H13ClOS/c1-8(2)14-7-11(13)9-5-3-4-6-10(9)12/h3-6,8H,7H2,1-2H3. The van der Waals surface area contributed by atoms with Crippen molar-refractivity contribution in [2.24, 2.45) is 0 Å². The number of benzene rings is 1. The molecule has 1 aromatic carbocycles. The summed E-state index contributed by atoms with van der Waals surface area (Å²) in [6, 6.07) is 7.17. The van der Waals surface area contributed by atoms with E-state index in [4.69, 9.17) is 11.6 Å². The van der Waals surface area contributed by atoms with Crippen LogP contribution in [0, 0.1) is 0 Å². The minimum absolute atomic E-state index is 0.106. The molecule has 0 aromatic heterocycles. The van der Waals surface area contributed by atoms with Crippen LogP contribution in [-0.4, -0.2) is 16.8 Å². The molecule has 0 fully saturated rings. The summed E-state index contributed by atoms with van der Waals surface area (Å²) in [7, 11) is 0. The maximum Gasteiger partial charge on any atom is 0.174 e. The highest BCUT2D eigenvalue weighted by molar-refractivity contribution is 8.00. The first kappa shape index (κ1) is 11.6. The fourth-order valence-electron chi connectivity index (χ4n) is 1.01. The van der Waals surface area contributed by atoms with Gasteiger partial charge in [-0.15, -0.1) is 0 Å². The van der Waals surface area contributed by atoms with E-state index in [2.05, 4.69) is 13.8 Å². The number of rotatable bonds is 4. The highest BCUT2D eigenvalue weighted by Crippen LogP contribution is 2.18. The van der Waals surface area contributed by atoms with Crippen molar-refractivity contribution in [3.63, 3.8) is 0 Å². The summed E-state index contributed by atoms with van der Waals surface area (Å²) in [6.45, 7) is 4.15. The van der Waals surface area contributed by atoms with Gasteiger partial charge in [-0.1, -0.05) is 37.6 Å². The van der Waals surface area contributed by atoms with Gasteiger partial charge in [0.1, 0.15) is 0 Å². The number of carbonyl (C=O) groups excluding carboxylic acids is 1. The van der Waals surface area contributed by atoms with Gasteiger partial charge in [-0.2, -0.15) is 11.8 Å². The van der Waals surface area contributed by atoms with Gasteiger partial charge >= 0.3 is 0 Å². The molecule has 0 saturated carbocycles. The lowest BCUT2D eigenvalue weighted by molar-refractivity contribution is 0.102. The van der Waals surface area contributed by atoms with Crippen molar-refractivity contribution in [3.05, 3.63) is 34.9 Å². The minimum Gasteiger partial charge on any atom is -0.293 e. The second-order valence-corrected chi connectivity index (χ2v) is 5.23. The molecule has 1 rings (SSSR count). The van der Waals surface area contributed by atoms with E-state index in [1.807, 2.05) is 12.1 Å². The third-order valence-corrected chi connectivity index (χ3v) is 3.15. The predicted molar refractivity (Wildman–Crippen MR) is 63.4 cm³/mol. The molecule has 14 heavy (non-hydrogen) atoms. The van der Waals surface area contributed by atoms with Gasteiger partial charge in [0.2, 0.25) is 0 Å². The Balaban J connectivity index is 2.65. The summed E-state index contributed by atoms with van der Waals surface area (Å²) in [6.07, 6.45) is 0. The molecule has 0 aliphatic heterocycles. The molecule has 1 aromatic rings. The van der Waals surface area contributed by atoms with Crippen molar-refractivity contribution >= 4 is 29.1 Å². The Morgan fingerprint density at radius 3 is 2.64 bits per heavy atom. The number of thioether (sulfide) groups is 1. The van der Waals surface area contributed by atoms with Crippen LogP contribution >= 0.6 is 23.4 Å². The van der Waals surface area contributed by atoms with Gasteiger partial charge < -0.3 is 0 Å². The van der Waals surface area contributed by atoms with E-state index in [0.717, 1.165) is 0 Å². The Morgan fingerprint density at radius 1 is 1.43 bits per heavy atom. The molecule has 0 heterocycles. The van der Waals surface area contributed by atoms with Crippen molar-refractivity contribution in [3.8, 4) is 0 Å². The van der Waals surface area contributed by atoms with E-state index in [-0.39, 0.29) is 5.78 Å². The quantitative estimate of drug-likeness (QED) is 0.732. The van der Waals surface area contributed by atoms with E-state index in [0.29, 0.717) is 21.6 Å². The fourth-order valence-corrected chi connectivity index (χ4v) is 1.89. The zero-order chi connectivity index (χ0) is 10.6. The van der Waals surface area contributed by atoms with E-state index in [1.165, 1.54) is 0 Å². The van der Waals surface area contributed by atoms with Crippen molar-refractivity contribution in [1.29, 1.82) is 0 Å². The van der Waals surface area contributed by atoms with Crippen molar-refractivity contribution in [2.75, 3.05) is 5.75 Å². The Kier molecular flexibility index (Phi) is 4.49. The third-order valence-electron chi connectivity index (χ3n) is 1.72. The normalized spacial score (nSPS) is 10.6. The smallest absolute Gasteiger partial charge is 0.174 e. The minimum atomic E-state index is 0.106. The predicted octanol–water partition coefficient (Wildman–Crippen LogP) is 3.66. The van der Waals surface area contributed by atoms with Gasteiger partial charge in [0.15, 0.2) is 5.78 Å². The maximum atomic E-state index is 11.7. The van der Waals surface area contributed by atoms with Crippen LogP contribution in [0.2, 0.25) is 5.02 Å². The number of hydrogen-bond acceptors (Lipinski definition) is 2. The van der Waals surface area contributed by atoms with Crippen LogP contribution in [-0.2, 0) is 0 Å². The van der Waals surface area contributed by atoms with Gasteiger partial charge in [-0.25, -0.2) is 0 Å². The average molecular weight is 229 g/mol. The molecular weight excluding hydrogens is 216 g/mol. The van der Waals surface area contributed by atoms with Crippen LogP contribution in [0.4, 0.5) is 0 Å². The summed E-state index contributed by atoms with van der Waals surface area (Å²) in [5.74, 6) is 0.607. The molecule has 0 saturated heterocycles. The SMILES string of the molecule is CC(C)SCC(=O)c1ccccc1Cl. The number of halogens is 1. The molecule has 76 valence electrons. The first-order chi connectivity index (χ1) is 6.61. The molecule has 0 spiro atoms. The summed E-state index contributed by atoms with van der Waals surface area (Å²) in [5, 5.41) is 1.02. The number of hydrogen-bond donors (Lipinski definition) is 0. The van der Waals surface area contributed by atoms with Crippen LogP contribution in [0.1, 0.15) is 24.2 Å². The van der Waals surface area contributed by atoms with E-state index < -0.39 is 0 Å². The van der Waals surface area contributed by atoms with Gasteiger partial charge in [0.05, 0.1) is 10.8 Å². The molecule has 0 bridgehead atoms. The molecule has 1 nitrogen and oxygen atoms in total. The summed E-state index contributed by atoms with van der Waals surface area (Å²) < 4.78 is 0. The van der Waals surface area contributed by atoms with Crippen LogP contribution < -0.4 is 0 Å². The molecule has 0 atom stereocenters. The van der Waals surface area contributed by atoms with Gasteiger partial charge in [0, 0.05) is 5.56 Å². The topological polar surface area (TPSA) is 17.1 Å². The second kappa shape index (κ2) is 5.42. The van der Waals surface area contributed by atoms with E-state index in [1.54, 1.807) is 23.9 Å². The van der Waals surface area contributed by atoms with Crippen LogP contribution in [0.5, 0.6) is 0 Å². The lowest BCUT2D eigenvalue weighted by atomic mass is 10.1. The van der Waals surface area contributed by atoms with Gasteiger partial charge in [-0.3, -0.25) is 4.79 Å². The third kappa shape index (κ3) is 3.35. The van der Waals surface area contributed by atoms with Crippen molar-refractivity contribution < 1.29 is 4.79 Å². The zero-order valence-electron chi connectivity index (χ0n) is 8.29. The van der Waals surface area contributed by atoms with Crippen LogP contribution in [0.3, 0.4) is 0 Å². The first-order valence-corrected chi connectivity index (χ1v) is 5.93. The van der Waals surface area contributed by atoms with Crippen LogP contribution in [0.15, 0.2) is 24.3 Å². The molecule has 0 aliphatic carbocycles. The Morgan fingerprint density at radius 2 is 2.07 bits per heavy atom. The Hall–Kier alpha value is -0.470. The molecule has 0 unspecified atom stereocenters. The molecule has 3 heteroatoms. The molecule has 0 N–H and O–H groups in total. The zero-order valence-corrected chi connectivity index (χ0v) is 9.86. The van der Waals surface area contributed by atoms with Gasteiger partial charge in [0.25, 0.3) is 0 Å². The highest BCUT2D eigenvalue weighted by Gasteiger charge is 2.09. The average Bonchev–Trinajstić information content (AvgIpc) is 2.15. The Labute approximate surface area is 93.8 Å². The monoisotopic (exact) mass is 228 g/mol. The summed E-state index contributed by atoms with van der Waals surface area (Å²) in [5.41, 5.74) is 0.627. The molecule has 0 amide bonds. The van der Waals surface area contributed by atoms with E-state index in [9.17, 15) is 4.79 Å². The highest BCUT2D eigenvalue weighted by atomic mass is 35.5. The Bertz CT molecular complexity index is 323. The van der Waals surface area contributed by atoms with Crippen LogP contribution in [0.25, 0.3) is 0 Å². The lowest BCUT2D eigenvalue weighted by Crippen LogP contribution is -2.05. The molecule has 0 aliphatic rings. The van der Waals surface area contributed by atoms with Crippen molar-refractivity contribution in [1.82, 2.24) is 0 Å². The summed E-state index contributed by atoms with van der Waals surface area (Å²) >= 11 is 7.54. The summed E-state index contributed by atoms with van der Waals surface area (Å²) in [4.78, 5) is 11.7. The second-order valence-electron chi connectivity index (χ2n) is 3.26. The number of Topliss-reactive ketones (excluding diaryl/α,β-unsaturated/α-hetero) is 1. The molecular formula is C11H13ClOS. The molecule has 0 radical (unpaired) electrons. The largest absolute Gasteiger partial charge is 0.293 e. The maximum absolute atomic E-state index is 11.7. The van der Waals surface area contributed by atoms with Crippen molar-refractivity contribution in [2.45, 2.75) is 19.1 Å². The lowest BCUT2D eigenvalue weighted by Gasteiger charge is -2.05. The van der Waals surface area contributed by atoms with E-state index >= 15 is 0 Å². The van der Waals surface area contributed by atoms with Gasteiger partial charge in [-0.05, 0) is 17.4 Å². The first-order valence-electron chi connectivity index (χ1n) is 4.50. The number of ketones is 1.